The molecule has 0 aliphatic heterocycles. The van der Waals surface area contributed by atoms with Crippen LogP contribution in [0.25, 0.3) is 0 Å². The first-order chi connectivity index (χ1) is 6.75. The second-order valence-electron chi connectivity index (χ2n) is 3.07. The van der Waals surface area contributed by atoms with Crippen molar-refractivity contribution in [1.29, 1.82) is 0 Å². The fourth-order valence-electron chi connectivity index (χ4n) is 1.28. The van der Waals surface area contributed by atoms with E-state index in [1.807, 2.05) is 0 Å². The molecule has 1 unspecified atom stereocenters. The number of rotatable bonds is 3. The molecule has 74 valence electrons. The van der Waals surface area contributed by atoms with E-state index in [2.05, 4.69) is 44.9 Å². The molecule has 1 nitrogen and oxygen atoms in total. The van der Waals surface area contributed by atoms with Crippen LogP contribution in [0.1, 0.15) is 16.5 Å². The number of halogens is 1. The highest BCUT2D eigenvalue weighted by Crippen LogP contribution is 2.26. The van der Waals surface area contributed by atoms with Gasteiger partial charge in [-0.05, 0) is 44.4 Å². The van der Waals surface area contributed by atoms with E-state index in [9.17, 15) is 0 Å². The molecule has 0 saturated heterocycles. The molecule has 2 aromatic rings. The molecule has 14 heavy (non-hydrogen) atoms. The number of hydrogen-bond acceptors (Lipinski definition) is 3. The molecule has 0 fully saturated rings. The smallest absolute Gasteiger partial charge is 0.0701 e. The van der Waals surface area contributed by atoms with Gasteiger partial charge in [-0.3, -0.25) is 0 Å². The van der Waals surface area contributed by atoms with Crippen molar-refractivity contribution in [3.05, 3.63) is 43.2 Å². The molecular weight excluding hydrogens is 278 g/mol. The zero-order valence-corrected chi connectivity index (χ0v) is 10.7. The Morgan fingerprint density at radius 3 is 2.86 bits per heavy atom. The van der Waals surface area contributed by atoms with Gasteiger partial charge in [0.05, 0.1) is 3.79 Å². The molecule has 2 aromatic heterocycles. The molecule has 0 amide bonds. The van der Waals surface area contributed by atoms with Gasteiger partial charge < -0.3 is 5.73 Å². The minimum absolute atomic E-state index is 0.121. The van der Waals surface area contributed by atoms with E-state index in [0.717, 1.165) is 10.2 Å². The summed E-state index contributed by atoms with van der Waals surface area (Å²) in [6, 6.07) is 6.42. The minimum Gasteiger partial charge on any atom is -0.324 e. The molecule has 2 heterocycles. The first-order valence-corrected chi connectivity index (χ1v) is 6.83. The summed E-state index contributed by atoms with van der Waals surface area (Å²) in [5.74, 6) is 0. The van der Waals surface area contributed by atoms with Gasteiger partial charge in [0.25, 0.3) is 0 Å². The summed E-state index contributed by atoms with van der Waals surface area (Å²) in [5.41, 5.74) is 7.31. The Morgan fingerprint density at radius 1 is 1.43 bits per heavy atom. The van der Waals surface area contributed by atoms with E-state index >= 15 is 0 Å². The lowest BCUT2D eigenvalue weighted by atomic mass is 10.1. The largest absolute Gasteiger partial charge is 0.324 e. The van der Waals surface area contributed by atoms with Crippen LogP contribution in [0.2, 0.25) is 0 Å². The summed E-state index contributed by atoms with van der Waals surface area (Å²) in [6.45, 7) is 0. The van der Waals surface area contributed by atoms with Crippen LogP contribution in [-0.4, -0.2) is 0 Å². The van der Waals surface area contributed by atoms with Crippen molar-refractivity contribution >= 4 is 38.6 Å². The predicted molar refractivity (Wildman–Crippen MR) is 67.0 cm³/mol. The Kier molecular flexibility index (Phi) is 3.38. The Hall–Kier alpha value is -0.160. The topological polar surface area (TPSA) is 26.0 Å². The maximum absolute atomic E-state index is 6.09. The van der Waals surface area contributed by atoms with Crippen LogP contribution in [0.5, 0.6) is 0 Å². The van der Waals surface area contributed by atoms with Crippen molar-refractivity contribution in [1.82, 2.24) is 0 Å². The molecule has 0 radical (unpaired) electrons. The predicted octanol–water partition coefficient (Wildman–Crippen LogP) is 3.81. The van der Waals surface area contributed by atoms with E-state index in [1.165, 1.54) is 10.4 Å². The Balaban J connectivity index is 2.06. The number of thiophene rings is 2. The Bertz CT molecular complexity index is 394. The van der Waals surface area contributed by atoms with Crippen molar-refractivity contribution in [2.45, 2.75) is 12.5 Å². The fraction of sp³-hybridized carbons (Fsp3) is 0.200. The monoisotopic (exact) mass is 287 g/mol. The first kappa shape index (κ1) is 10.4. The highest BCUT2D eigenvalue weighted by molar-refractivity contribution is 9.11. The van der Waals surface area contributed by atoms with Crippen molar-refractivity contribution in [3.63, 3.8) is 0 Å². The third-order valence-corrected chi connectivity index (χ3v) is 4.44. The van der Waals surface area contributed by atoms with Gasteiger partial charge in [0.15, 0.2) is 0 Å². The van der Waals surface area contributed by atoms with Crippen molar-refractivity contribution in [3.8, 4) is 0 Å². The normalized spacial score (nSPS) is 13.0. The van der Waals surface area contributed by atoms with Crippen molar-refractivity contribution in [2.75, 3.05) is 0 Å². The number of hydrogen-bond donors (Lipinski definition) is 1. The van der Waals surface area contributed by atoms with Crippen molar-refractivity contribution < 1.29 is 0 Å². The van der Waals surface area contributed by atoms with Gasteiger partial charge >= 0.3 is 0 Å². The second kappa shape index (κ2) is 4.57. The molecule has 0 spiro atoms. The lowest BCUT2D eigenvalue weighted by Gasteiger charge is -2.07. The highest BCUT2D eigenvalue weighted by Gasteiger charge is 2.09. The van der Waals surface area contributed by atoms with Gasteiger partial charge in [0, 0.05) is 17.3 Å². The maximum atomic E-state index is 6.09. The highest BCUT2D eigenvalue weighted by atomic mass is 79.9. The lowest BCUT2D eigenvalue weighted by molar-refractivity contribution is 0.733. The molecule has 4 heteroatoms. The molecule has 2 N–H and O–H groups in total. The summed E-state index contributed by atoms with van der Waals surface area (Å²) in [4.78, 5) is 1.35. The molecule has 1 atom stereocenters. The van der Waals surface area contributed by atoms with Crippen LogP contribution in [0.4, 0.5) is 0 Å². The lowest BCUT2D eigenvalue weighted by Crippen LogP contribution is -2.11. The number of nitrogens with two attached hydrogens (primary N) is 1. The van der Waals surface area contributed by atoms with Gasteiger partial charge in [-0.15, -0.1) is 22.7 Å². The summed E-state index contributed by atoms with van der Waals surface area (Å²) in [5, 5.41) is 4.20. The van der Waals surface area contributed by atoms with Gasteiger partial charge in [0.2, 0.25) is 0 Å². The molecule has 0 aliphatic carbocycles. The van der Waals surface area contributed by atoms with Gasteiger partial charge in [0.1, 0.15) is 0 Å². The van der Waals surface area contributed by atoms with Gasteiger partial charge in [-0.25, -0.2) is 0 Å². The van der Waals surface area contributed by atoms with Crippen LogP contribution in [0, 0.1) is 0 Å². The third kappa shape index (κ3) is 2.45. The van der Waals surface area contributed by atoms with Crippen LogP contribution >= 0.6 is 38.6 Å². The third-order valence-electron chi connectivity index (χ3n) is 2.02. The molecule has 0 aliphatic rings. The molecule has 0 saturated carbocycles. The maximum Gasteiger partial charge on any atom is 0.0701 e. The van der Waals surface area contributed by atoms with E-state index < -0.39 is 0 Å². The second-order valence-corrected chi connectivity index (χ2v) is 6.40. The van der Waals surface area contributed by atoms with Gasteiger partial charge in [-0.2, -0.15) is 0 Å². The standard InChI is InChI=1S/C10H10BrNS2/c11-10-4-7(6-14-10)9(12)5-8-2-1-3-13-8/h1-4,6,9H,5,12H2. The molecule has 2 rings (SSSR count). The summed E-state index contributed by atoms with van der Waals surface area (Å²) in [7, 11) is 0. The van der Waals surface area contributed by atoms with Crippen LogP contribution < -0.4 is 5.73 Å². The molecular formula is C10H10BrNS2. The molecule has 0 bridgehead atoms. The molecule has 0 aromatic carbocycles. The zero-order valence-electron chi connectivity index (χ0n) is 7.44. The van der Waals surface area contributed by atoms with E-state index in [1.54, 1.807) is 22.7 Å². The van der Waals surface area contributed by atoms with Crippen LogP contribution in [0.15, 0.2) is 32.7 Å². The SMILES string of the molecule is NC(Cc1cccs1)c1csc(Br)c1. The van der Waals surface area contributed by atoms with E-state index in [-0.39, 0.29) is 6.04 Å². The van der Waals surface area contributed by atoms with E-state index in [0.29, 0.717) is 0 Å². The van der Waals surface area contributed by atoms with Crippen molar-refractivity contribution in [2.24, 2.45) is 5.73 Å². The van der Waals surface area contributed by atoms with Gasteiger partial charge in [-0.1, -0.05) is 6.07 Å². The summed E-state index contributed by atoms with van der Waals surface area (Å²) >= 11 is 6.89. The van der Waals surface area contributed by atoms with Crippen LogP contribution in [-0.2, 0) is 6.42 Å². The zero-order chi connectivity index (χ0) is 9.97. The minimum atomic E-state index is 0.121. The average Bonchev–Trinajstić information content (AvgIpc) is 2.75. The Labute approximate surface area is 99.7 Å². The average molecular weight is 288 g/mol. The summed E-state index contributed by atoms with van der Waals surface area (Å²) < 4.78 is 1.15. The Morgan fingerprint density at radius 2 is 2.29 bits per heavy atom. The fourth-order valence-corrected chi connectivity index (χ4v) is 3.29. The van der Waals surface area contributed by atoms with Crippen LogP contribution in [0.3, 0.4) is 0 Å². The van der Waals surface area contributed by atoms with E-state index in [4.69, 9.17) is 5.73 Å². The quantitative estimate of drug-likeness (QED) is 0.913. The summed E-state index contributed by atoms with van der Waals surface area (Å²) in [6.07, 6.45) is 0.931. The first-order valence-electron chi connectivity index (χ1n) is 4.27.